The van der Waals surface area contributed by atoms with Gasteiger partial charge in [0.15, 0.2) is 0 Å². The van der Waals surface area contributed by atoms with Crippen molar-refractivity contribution in [2.75, 3.05) is 32.7 Å². The molecule has 3 atom stereocenters. The van der Waals surface area contributed by atoms with Crippen LogP contribution in [-0.4, -0.2) is 60.6 Å². The highest BCUT2D eigenvalue weighted by Crippen LogP contribution is 2.17. The molecule has 3 heteroatoms. The van der Waals surface area contributed by atoms with Crippen LogP contribution in [-0.2, 0) is 0 Å². The fourth-order valence-electron chi connectivity index (χ4n) is 3.10. The van der Waals surface area contributed by atoms with E-state index in [2.05, 4.69) is 35.9 Å². The lowest BCUT2D eigenvalue weighted by molar-refractivity contribution is 0.0604. The van der Waals surface area contributed by atoms with Gasteiger partial charge in [0.25, 0.3) is 0 Å². The van der Waals surface area contributed by atoms with Crippen LogP contribution in [0, 0.1) is 0 Å². The quantitative estimate of drug-likeness (QED) is 0.806. The third-order valence-electron chi connectivity index (χ3n) is 4.71. The van der Waals surface area contributed by atoms with Crippen LogP contribution < -0.4 is 5.32 Å². The lowest BCUT2D eigenvalue weighted by Crippen LogP contribution is -2.56. The molecule has 0 bridgehead atoms. The highest BCUT2D eigenvalue weighted by molar-refractivity contribution is 4.85. The van der Waals surface area contributed by atoms with Crippen molar-refractivity contribution in [3.8, 4) is 0 Å². The van der Waals surface area contributed by atoms with Crippen molar-refractivity contribution in [1.82, 2.24) is 15.1 Å². The molecule has 2 saturated heterocycles. The second-order valence-electron chi connectivity index (χ2n) is 5.87. The summed E-state index contributed by atoms with van der Waals surface area (Å²) in [6, 6.07) is 2.29. The maximum atomic E-state index is 3.62. The Bertz CT molecular complexity index is 216. The van der Waals surface area contributed by atoms with E-state index < -0.39 is 0 Å². The Labute approximate surface area is 107 Å². The number of hydrogen-bond acceptors (Lipinski definition) is 3. The molecule has 17 heavy (non-hydrogen) atoms. The van der Waals surface area contributed by atoms with Gasteiger partial charge in [0, 0.05) is 50.8 Å². The molecule has 1 N–H and O–H groups in total. The molecule has 0 aliphatic carbocycles. The molecule has 0 aromatic heterocycles. The van der Waals surface area contributed by atoms with Crippen molar-refractivity contribution in [3.63, 3.8) is 0 Å². The summed E-state index contributed by atoms with van der Waals surface area (Å²) >= 11 is 0. The van der Waals surface area contributed by atoms with Gasteiger partial charge in [-0.3, -0.25) is 9.80 Å². The summed E-state index contributed by atoms with van der Waals surface area (Å²) in [5.41, 5.74) is 0. The molecule has 2 fully saturated rings. The third kappa shape index (κ3) is 3.43. The second-order valence-corrected chi connectivity index (χ2v) is 5.87. The number of piperazine rings is 1. The normalized spacial score (nSPS) is 34.8. The van der Waals surface area contributed by atoms with Crippen molar-refractivity contribution in [1.29, 1.82) is 0 Å². The van der Waals surface area contributed by atoms with Gasteiger partial charge in [-0.2, -0.15) is 0 Å². The van der Waals surface area contributed by atoms with E-state index in [1.54, 1.807) is 0 Å². The third-order valence-corrected chi connectivity index (χ3v) is 4.71. The van der Waals surface area contributed by atoms with E-state index in [0.29, 0.717) is 0 Å². The summed E-state index contributed by atoms with van der Waals surface area (Å²) in [7, 11) is 0. The summed E-state index contributed by atoms with van der Waals surface area (Å²) in [6.45, 7) is 13.2. The van der Waals surface area contributed by atoms with Crippen molar-refractivity contribution < 1.29 is 0 Å². The summed E-state index contributed by atoms with van der Waals surface area (Å²) in [4.78, 5) is 5.35. The summed E-state index contributed by atoms with van der Waals surface area (Å²) in [5, 5.41) is 3.62. The molecule has 100 valence electrons. The van der Waals surface area contributed by atoms with E-state index in [0.717, 1.165) is 18.1 Å². The molecule has 3 nitrogen and oxygen atoms in total. The Morgan fingerprint density at radius 2 is 1.88 bits per heavy atom. The zero-order valence-corrected chi connectivity index (χ0v) is 11.8. The standard InChI is InChI=1S/C14H29N3/c1-4-13(3)16-7-9-17(10-8-16)14-6-5-12(2)15-11-14/h12-15H,4-11H2,1-3H3. The largest absolute Gasteiger partial charge is 0.313 e. The minimum atomic E-state index is 0.729. The smallest absolute Gasteiger partial charge is 0.0222 e. The Kier molecular flexibility index (Phi) is 4.83. The lowest BCUT2D eigenvalue weighted by Gasteiger charge is -2.43. The van der Waals surface area contributed by atoms with E-state index in [1.807, 2.05) is 0 Å². The lowest BCUT2D eigenvalue weighted by atomic mass is 10.00. The molecule has 3 unspecified atom stereocenters. The molecule has 0 amide bonds. The minimum Gasteiger partial charge on any atom is -0.313 e. The number of piperidine rings is 1. The maximum absolute atomic E-state index is 3.62. The molecule has 2 aliphatic rings. The zero-order valence-electron chi connectivity index (χ0n) is 11.8. The van der Waals surface area contributed by atoms with Gasteiger partial charge in [-0.05, 0) is 33.1 Å². The first-order chi connectivity index (χ1) is 8.20. The van der Waals surface area contributed by atoms with Crippen molar-refractivity contribution >= 4 is 0 Å². The molecular formula is C14H29N3. The van der Waals surface area contributed by atoms with Crippen molar-refractivity contribution in [3.05, 3.63) is 0 Å². The van der Waals surface area contributed by atoms with Crippen LogP contribution in [0.2, 0.25) is 0 Å². The van der Waals surface area contributed by atoms with Gasteiger partial charge in [-0.1, -0.05) is 6.92 Å². The van der Waals surface area contributed by atoms with Gasteiger partial charge in [-0.15, -0.1) is 0 Å². The number of nitrogens with zero attached hydrogens (tertiary/aromatic N) is 2. The molecule has 2 rings (SSSR count). The van der Waals surface area contributed by atoms with Gasteiger partial charge < -0.3 is 5.32 Å². The first-order valence-corrected chi connectivity index (χ1v) is 7.42. The summed E-state index contributed by atoms with van der Waals surface area (Å²) < 4.78 is 0. The van der Waals surface area contributed by atoms with Gasteiger partial charge in [0.1, 0.15) is 0 Å². The predicted octanol–water partition coefficient (Wildman–Crippen LogP) is 1.54. The molecule has 0 saturated carbocycles. The average molecular weight is 239 g/mol. The van der Waals surface area contributed by atoms with E-state index in [-0.39, 0.29) is 0 Å². The topological polar surface area (TPSA) is 18.5 Å². The van der Waals surface area contributed by atoms with Gasteiger partial charge in [-0.25, -0.2) is 0 Å². The van der Waals surface area contributed by atoms with E-state index in [1.165, 1.54) is 52.0 Å². The fraction of sp³-hybridized carbons (Fsp3) is 1.00. The predicted molar refractivity (Wildman–Crippen MR) is 73.4 cm³/mol. The molecular weight excluding hydrogens is 210 g/mol. The number of nitrogens with one attached hydrogen (secondary N) is 1. The Balaban J connectivity index is 1.75. The SMILES string of the molecule is CCC(C)N1CCN(C2CCC(C)NC2)CC1. The monoisotopic (exact) mass is 239 g/mol. The minimum absolute atomic E-state index is 0.729. The highest BCUT2D eigenvalue weighted by atomic mass is 15.3. The van der Waals surface area contributed by atoms with Crippen LogP contribution in [0.1, 0.15) is 40.0 Å². The molecule has 0 radical (unpaired) electrons. The fourth-order valence-corrected chi connectivity index (χ4v) is 3.10. The molecule has 0 aromatic carbocycles. The van der Waals surface area contributed by atoms with Crippen LogP contribution in [0.15, 0.2) is 0 Å². The van der Waals surface area contributed by atoms with E-state index in [4.69, 9.17) is 0 Å². The zero-order chi connectivity index (χ0) is 12.3. The first kappa shape index (κ1) is 13.3. The van der Waals surface area contributed by atoms with Crippen LogP contribution in [0.4, 0.5) is 0 Å². The van der Waals surface area contributed by atoms with Crippen molar-refractivity contribution in [2.45, 2.75) is 58.2 Å². The Morgan fingerprint density at radius 3 is 2.41 bits per heavy atom. The van der Waals surface area contributed by atoms with Crippen LogP contribution in [0.3, 0.4) is 0 Å². The highest BCUT2D eigenvalue weighted by Gasteiger charge is 2.27. The second kappa shape index (κ2) is 6.17. The van der Waals surface area contributed by atoms with Gasteiger partial charge >= 0.3 is 0 Å². The van der Waals surface area contributed by atoms with E-state index >= 15 is 0 Å². The maximum Gasteiger partial charge on any atom is 0.0222 e. The molecule has 2 heterocycles. The first-order valence-electron chi connectivity index (χ1n) is 7.42. The van der Waals surface area contributed by atoms with Crippen molar-refractivity contribution in [2.24, 2.45) is 0 Å². The van der Waals surface area contributed by atoms with Crippen LogP contribution >= 0.6 is 0 Å². The molecule has 2 aliphatic heterocycles. The van der Waals surface area contributed by atoms with Crippen LogP contribution in [0.25, 0.3) is 0 Å². The number of rotatable bonds is 3. The summed E-state index contributed by atoms with van der Waals surface area (Å²) in [6.07, 6.45) is 4.01. The molecule has 0 aromatic rings. The number of hydrogen-bond donors (Lipinski definition) is 1. The molecule has 0 spiro atoms. The van der Waals surface area contributed by atoms with Gasteiger partial charge in [0.2, 0.25) is 0 Å². The van der Waals surface area contributed by atoms with Crippen LogP contribution in [0.5, 0.6) is 0 Å². The van der Waals surface area contributed by atoms with E-state index in [9.17, 15) is 0 Å². The Hall–Kier alpha value is -0.120. The Morgan fingerprint density at radius 1 is 1.18 bits per heavy atom. The van der Waals surface area contributed by atoms with Gasteiger partial charge in [0.05, 0.1) is 0 Å². The average Bonchev–Trinajstić information content (AvgIpc) is 2.39. The summed E-state index contributed by atoms with van der Waals surface area (Å²) in [5.74, 6) is 0.